The van der Waals surface area contributed by atoms with Gasteiger partial charge in [0.1, 0.15) is 0 Å². The van der Waals surface area contributed by atoms with Crippen molar-refractivity contribution >= 4 is 16.8 Å². The van der Waals surface area contributed by atoms with Crippen molar-refractivity contribution in [2.24, 2.45) is 0 Å². The molecular formula is C20H23N5O2. The minimum absolute atomic E-state index is 0.0291. The summed E-state index contributed by atoms with van der Waals surface area (Å²) in [6, 6.07) is 13.7. The van der Waals surface area contributed by atoms with Crippen LogP contribution in [-0.2, 0) is 16.0 Å². The third kappa shape index (κ3) is 4.15. The van der Waals surface area contributed by atoms with Crippen LogP contribution >= 0.6 is 0 Å². The van der Waals surface area contributed by atoms with Gasteiger partial charge in [-0.2, -0.15) is 5.10 Å². The first-order valence-corrected chi connectivity index (χ1v) is 9.22. The summed E-state index contributed by atoms with van der Waals surface area (Å²) in [4.78, 5) is 19.4. The number of aromatic nitrogens is 3. The Labute approximate surface area is 157 Å². The standard InChI is InChI=1S/C20H23N5O2/c26-20(13-18-15-5-1-2-6-16(15)23-24-18)22-14-19(17-7-3-4-8-21-17)25-9-11-27-12-10-25/h1-8,19H,9-14H2,(H,22,26)(H,23,24). The summed E-state index contributed by atoms with van der Waals surface area (Å²) in [7, 11) is 0. The van der Waals surface area contributed by atoms with Crippen molar-refractivity contribution < 1.29 is 9.53 Å². The van der Waals surface area contributed by atoms with E-state index in [9.17, 15) is 4.79 Å². The molecule has 140 valence electrons. The first-order chi connectivity index (χ1) is 13.3. The van der Waals surface area contributed by atoms with Crippen LogP contribution in [0.4, 0.5) is 0 Å². The number of rotatable bonds is 6. The zero-order valence-electron chi connectivity index (χ0n) is 15.1. The van der Waals surface area contributed by atoms with Gasteiger partial charge in [-0.15, -0.1) is 0 Å². The maximum Gasteiger partial charge on any atom is 0.226 e. The smallest absolute Gasteiger partial charge is 0.226 e. The second-order valence-electron chi connectivity index (χ2n) is 6.62. The number of carbonyl (C=O) groups excluding carboxylic acids is 1. The Morgan fingerprint density at radius 1 is 1.19 bits per heavy atom. The van der Waals surface area contributed by atoms with E-state index < -0.39 is 0 Å². The zero-order chi connectivity index (χ0) is 18.5. The molecule has 1 aliphatic rings. The number of amides is 1. The van der Waals surface area contributed by atoms with Gasteiger partial charge >= 0.3 is 0 Å². The summed E-state index contributed by atoms with van der Waals surface area (Å²) < 4.78 is 5.46. The Balaban J connectivity index is 1.43. The maximum absolute atomic E-state index is 12.6. The summed E-state index contributed by atoms with van der Waals surface area (Å²) in [5, 5.41) is 11.3. The fourth-order valence-corrected chi connectivity index (χ4v) is 3.47. The number of pyridine rings is 1. The molecule has 3 aromatic rings. The van der Waals surface area contributed by atoms with E-state index in [1.807, 2.05) is 42.5 Å². The first kappa shape index (κ1) is 17.6. The lowest BCUT2D eigenvalue weighted by Gasteiger charge is -2.34. The predicted octanol–water partition coefficient (Wildman–Crippen LogP) is 1.69. The molecule has 1 unspecified atom stereocenters. The van der Waals surface area contributed by atoms with Gasteiger partial charge in [-0.05, 0) is 18.2 Å². The molecule has 0 saturated carbocycles. The molecule has 2 aromatic heterocycles. The average molecular weight is 365 g/mol. The van der Waals surface area contributed by atoms with Crippen LogP contribution in [0.25, 0.3) is 10.9 Å². The number of nitrogens with one attached hydrogen (secondary N) is 2. The van der Waals surface area contributed by atoms with Crippen molar-refractivity contribution in [2.45, 2.75) is 12.5 Å². The fourth-order valence-electron chi connectivity index (χ4n) is 3.47. The Morgan fingerprint density at radius 2 is 2.00 bits per heavy atom. The normalized spacial score (nSPS) is 16.3. The second kappa shape index (κ2) is 8.28. The van der Waals surface area contributed by atoms with Crippen molar-refractivity contribution in [1.29, 1.82) is 0 Å². The predicted molar refractivity (Wildman–Crippen MR) is 102 cm³/mol. The molecule has 2 N–H and O–H groups in total. The molecule has 1 amide bonds. The quantitative estimate of drug-likeness (QED) is 0.695. The molecule has 4 rings (SSSR count). The van der Waals surface area contributed by atoms with Gasteiger partial charge in [0.05, 0.1) is 42.6 Å². The number of para-hydroxylation sites is 1. The second-order valence-corrected chi connectivity index (χ2v) is 6.62. The molecular weight excluding hydrogens is 342 g/mol. The van der Waals surface area contributed by atoms with E-state index in [-0.39, 0.29) is 18.4 Å². The molecule has 1 saturated heterocycles. The summed E-state index contributed by atoms with van der Waals surface area (Å²) in [5.41, 5.74) is 2.68. The SMILES string of the molecule is O=C(Cc1[nH]nc2ccccc12)NCC(c1ccccn1)N1CCOCC1. The number of morpholine rings is 1. The van der Waals surface area contributed by atoms with E-state index in [0.29, 0.717) is 19.8 Å². The number of hydrogen-bond acceptors (Lipinski definition) is 5. The molecule has 1 atom stereocenters. The molecule has 1 aliphatic heterocycles. The topological polar surface area (TPSA) is 83.1 Å². The number of aromatic amines is 1. The maximum atomic E-state index is 12.6. The van der Waals surface area contributed by atoms with Gasteiger partial charge in [0.25, 0.3) is 0 Å². The van der Waals surface area contributed by atoms with Crippen molar-refractivity contribution in [3.05, 3.63) is 60.0 Å². The highest BCUT2D eigenvalue weighted by molar-refractivity contribution is 5.87. The van der Waals surface area contributed by atoms with E-state index in [1.165, 1.54) is 0 Å². The monoisotopic (exact) mass is 365 g/mol. The Kier molecular flexibility index (Phi) is 5.41. The molecule has 0 aliphatic carbocycles. The number of benzene rings is 1. The fraction of sp³-hybridized carbons (Fsp3) is 0.350. The average Bonchev–Trinajstić information content (AvgIpc) is 3.13. The van der Waals surface area contributed by atoms with Crippen LogP contribution < -0.4 is 5.32 Å². The molecule has 0 radical (unpaired) electrons. The first-order valence-electron chi connectivity index (χ1n) is 9.22. The van der Waals surface area contributed by atoms with E-state index in [4.69, 9.17) is 4.74 Å². The van der Waals surface area contributed by atoms with Crippen molar-refractivity contribution in [3.63, 3.8) is 0 Å². The molecule has 1 aromatic carbocycles. The third-order valence-electron chi connectivity index (χ3n) is 4.89. The highest BCUT2D eigenvalue weighted by atomic mass is 16.5. The highest BCUT2D eigenvalue weighted by Gasteiger charge is 2.24. The number of ether oxygens (including phenoxy) is 1. The third-order valence-corrected chi connectivity index (χ3v) is 4.89. The Morgan fingerprint density at radius 3 is 2.81 bits per heavy atom. The van der Waals surface area contributed by atoms with Crippen LogP contribution in [0.1, 0.15) is 17.4 Å². The van der Waals surface area contributed by atoms with Crippen LogP contribution in [0.15, 0.2) is 48.7 Å². The number of hydrogen-bond donors (Lipinski definition) is 2. The molecule has 3 heterocycles. The number of fused-ring (bicyclic) bond motifs is 1. The summed E-state index contributed by atoms with van der Waals surface area (Å²) in [5.74, 6) is -0.0291. The van der Waals surface area contributed by atoms with Gasteiger partial charge < -0.3 is 10.1 Å². The van der Waals surface area contributed by atoms with E-state index in [0.717, 1.165) is 35.4 Å². The molecule has 7 nitrogen and oxygen atoms in total. The molecule has 27 heavy (non-hydrogen) atoms. The number of carbonyl (C=O) groups is 1. The largest absolute Gasteiger partial charge is 0.379 e. The van der Waals surface area contributed by atoms with Crippen molar-refractivity contribution in [1.82, 2.24) is 25.4 Å². The van der Waals surface area contributed by atoms with Gasteiger partial charge in [0.2, 0.25) is 5.91 Å². The van der Waals surface area contributed by atoms with E-state index in [1.54, 1.807) is 6.20 Å². The van der Waals surface area contributed by atoms with Gasteiger partial charge in [-0.1, -0.05) is 24.3 Å². The van der Waals surface area contributed by atoms with Gasteiger partial charge in [-0.3, -0.25) is 19.8 Å². The van der Waals surface area contributed by atoms with Crippen LogP contribution in [0, 0.1) is 0 Å². The van der Waals surface area contributed by atoms with Crippen LogP contribution in [0.3, 0.4) is 0 Å². The lowest BCUT2D eigenvalue weighted by atomic mass is 10.1. The number of nitrogens with zero attached hydrogens (tertiary/aromatic N) is 3. The zero-order valence-corrected chi connectivity index (χ0v) is 15.1. The van der Waals surface area contributed by atoms with E-state index >= 15 is 0 Å². The van der Waals surface area contributed by atoms with Crippen LogP contribution in [0.2, 0.25) is 0 Å². The molecule has 0 spiro atoms. The molecule has 0 bridgehead atoms. The van der Waals surface area contributed by atoms with Crippen molar-refractivity contribution in [2.75, 3.05) is 32.8 Å². The summed E-state index contributed by atoms with van der Waals surface area (Å²) >= 11 is 0. The van der Waals surface area contributed by atoms with Crippen molar-refractivity contribution in [3.8, 4) is 0 Å². The highest BCUT2D eigenvalue weighted by Crippen LogP contribution is 2.19. The minimum atomic E-state index is -0.0291. The molecule has 1 fully saturated rings. The summed E-state index contributed by atoms with van der Waals surface area (Å²) in [6.07, 6.45) is 2.07. The van der Waals surface area contributed by atoms with Gasteiger partial charge in [0, 0.05) is 31.2 Å². The van der Waals surface area contributed by atoms with E-state index in [2.05, 4.69) is 25.4 Å². The summed E-state index contributed by atoms with van der Waals surface area (Å²) in [6.45, 7) is 3.60. The number of H-pyrrole nitrogens is 1. The van der Waals surface area contributed by atoms with Gasteiger partial charge in [-0.25, -0.2) is 0 Å². The Hall–Kier alpha value is -2.77. The minimum Gasteiger partial charge on any atom is -0.379 e. The lowest BCUT2D eigenvalue weighted by molar-refractivity contribution is -0.120. The lowest BCUT2D eigenvalue weighted by Crippen LogP contribution is -2.44. The van der Waals surface area contributed by atoms with Crippen LogP contribution in [-0.4, -0.2) is 58.8 Å². The Bertz CT molecular complexity index is 890. The van der Waals surface area contributed by atoms with Crippen LogP contribution in [0.5, 0.6) is 0 Å². The molecule has 7 heteroatoms. The van der Waals surface area contributed by atoms with Gasteiger partial charge in [0.15, 0.2) is 0 Å².